The van der Waals surface area contributed by atoms with Crippen LogP contribution in [0.4, 0.5) is 0 Å². The first kappa shape index (κ1) is 12.6. The van der Waals surface area contributed by atoms with E-state index in [9.17, 15) is 9.59 Å². The van der Waals surface area contributed by atoms with E-state index in [1.165, 1.54) is 6.26 Å². The van der Waals surface area contributed by atoms with Crippen LogP contribution in [-0.2, 0) is 4.79 Å². The summed E-state index contributed by atoms with van der Waals surface area (Å²) in [5.41, 5.74) is 0.854. The van der Waals surface area contributed by atoms with E-state index in [0.717, 1.165) is 12.8 Å². The predicted octanol–water partition coefficient (Wildman–Crippen LogP) is 1.21. The van der Waals surface area contributed by atoms with Crippen molar-refractivity contribution in [2.75, 3.05) is 6.54 Å². The maximum atomic E-state index is 11.7. The van der Waals surface area contributed by atoms with E-state index < -0.39 is 11.9 Å². The third-order valence-electron chi connectivity index (χ3n) is 3.14. The summed E-state index contributed by atoms with van der Waals surface area (Å²) < 4.78 is 4.67. The molecule has 6 heteroatoms. The van der Waals surface area contributed by atoms with Crippen molar-refractivity contribution in [3.05, 3.63) is 17.5 Å². The fourth-order valence-corrected chi connectivity index (χ4v) is 1.83. The molecule has 1 unspecified atom stereocenters. The summed E-state index contributed by atoms with van der Waals surface area (Å²) in [5, 5.41) is 15.2. The minimum absolute atomic E-state index is 0.136. The number of nitrogens with one attached hydrogen (secondary N) is 1. The number of hydrogen-bond acceptors (Lipinski definition) is 4. The van der Waals surface area contributed by atoms with Gasteiger partial charge in [-0.3, -0.25) is 9.59 Å². The Morgan fingerprint density at radius 3 is 2.83 bits per heavy atom. The second-order valence-corrected chi connectivity index (χ2v) is 4.77. The Labute approximate surface area is 104 Å². The van der Waals surface area contributed by atoms with E-state index >= 15 is 0 Å². The number of aryl methyl sites for hydroxylation is 1. The zero-order valence-electron chi connectivity index (χ0n) is 10.2. The number of rotatable bonds is 6. The van der Waals surface area contributed by atoms with Crippen molar-refractivity contribution in [1.82, 2.24) is 10.5 Å². The van der Waals surface area contributed by atoms with E-state index in [-0.39, 0.29) is 18.1 Å². The van der Waals surface area contributed by atoms with Gasteiger partial charge in [-0.25, -0.2) is 0 Å². The van der Waals surface area contributed by atoms with Crippen molar-refractivity contribution in [2.45, 2.75) is 26.2 Å². The van der Waals surface area contributed by atoms with E-state index in [2.05, 4.69) is 15.0 Å². The SMILES string of the molecule is Cc1conc1C(=O)NCC(CC1CC1)C(=O)O. The topological polar surface area (TPSA) is 92.4 Å². The van der Waals surface area contributed by atoms with Crippen LogP contribution in [-0.4, -0.2) is 28.7 Å². The van der Waals surface area contributed by atoms with Crippen LogP contribution in [0.5, 0.6) is 0 Å². The first-order valence-corrected chi connectivity index (χ1v) is 6.00. The molecule has 0 aromatic carbocycles. The van der Waals surface area contributed by atoms with E-state index in [1.807, 2.05) is 0 Å². The number of carboxylic acids is 1. The summed E-state index contributed by atoms with van der Waals surface area (Å²) in [6.45, 7) is 1.85. The van der Waals surface area contributed by atoms with Crippen molar-refractivity contribution >= 4 is 11.9 Å². The highest BCUT2D eigenvalue weighted by atomic mass is 16.5. The lowest BCUT2D eigenvalue weighted by molar-refractivity contribution is -0.141. The van der Waals surface area contributed by atoms with E-state index in [0.29, 0.717) is 17.9 Å². The molecule has 0 bridgehead atoms. The fourth-order valence-electron chi connectivity index (χ4n) is 1.83. The first-order valence-electron chi connectivity index (χ1n) is 6.00. The van der Waals surface area contributed by atoms with Crippen LogP contribution in [0.15, 0.2) is 10.8 Å². The normalized spacial score (nSPS) is 16.3. The van der Waals surface area contributed by atoms with Gasteiger partial charge in [0.05, 0.1) is 5.92 Å². The van der Waals surface area contributed by atoms with Crippen molar-refractivity contribution in [1.29, 1.82) is 0 Å². The van der Waals surface area contributed by atoms with Gasteiger partial charge < -0.3 is 14.9 Å². The molecule has 1 fully saturated rings. The monoisotopic (exact) mass is 252 g/mol. The molecule has 0 radical (unpaired) electrons. The highest BCUT2D eigenvalue weighted by Crippen LogP contribution is 2.35. The Morgan fingerprint density at radius 1 is 1.61 bits per heavy atom. The molecule has 2 N–H and O–H groups in total. The molecule has 0 saturated heterocycles. The van der Waals surface area contributed by atoms with Crippen LogP contribution in [0.2, 0.25) is 0 Å². The minimum Gasteiger partial charge on any atom is -0.481 e. The van der Waals surface area contributed by atoms with Gasteiger partial charge in [0.1, 0.15) is 6.26 Å². The molecule has 1 aromatic heterocycles. The average Bonchev–Trinajstić information content (AvgIpc) is 3.04. The number of nitrogens with zero attached hydrogens (tertiary/aromatic N) is 1. The molecule has 1 amide bonds. The molecule has 98 valence electrons. The number of carbonyl (C=O) groups excluding carboxylic acids is 1. The lowest BCUT2D eigenvalue weighted by atomic mass is 10.0. The van der Waals surface area contributed by atoms with Gasteiger partial charge >= 0.3 is 5.97 Å². The van der Waals surface area contributed by atoms with E-state index in [1.54, 1.807) is 6.92 Å². The number of carbonyl (C=O) groups is 2. The molecular formula is C12H16N2O4. The molecule has 1 heterocycles. The van der Waals surface area contributed by atoms with Crippen molar-refractivity contribution in [2.24, 2.45) is 11.8 Å². The molecule has 1 saturated carbocycles. The van der Waals surface area contributed by atoms with Crippen molar-refractivity contribution in [3.63, 3.8) is 0 Å². The van der Waals surface area contributed by atoms with Crippen molar-refractivity contribution < 1.29 is 19.2 Å². The standard InChI is InChI=1S/C12H16N2O4/c1-7-6-18-14-10(7)11(15)13-5-9(12(16)17)4-8-2-3-8/h6,8-9H,2-5H2,1H3,(H,13,15)(H,16,17). The maximum Gasteiger partial charge on any atom is 0.308 e. The lowest BCUT2D eigenvalue weighted by Gasteiger charge is -2.12. The third-order valence-corrected chi connectivity index (χ3v) is 3.14. The predicted molar refractivity (Wildman–Crippen MR) is 62.0 cm³/mol. The quantitative estimate of drug-likeness (QED) is 0.794. The zero-order chi connectivity index (χ0) is 13.1. The molecule has 1 aliphatic rings. The lowest BCUT2D eigenvalue weighted by Crippen LogP contribution is -2.33. The average molecular weight is 252 g/mol. The smallest absolute Gasteiger partial charge is 0.308 e. The van der Waals surface area contributed by atoms with Gasteiger partial charge in [-0.1, -0.05) is 18.0 Å². The van der Waals surface area contributed by atoms with Crippen LogP contribution < -0.4 is 5.32 Å². The largest absolute Gasteiger partial charge is 0.481 e. The number of aliphatic carboxylic acids is 1. The van der Waals surface area contributed by atoms with Gasteiger partial charge in [0.25, 0.3) is 5.91 Å². The summed E-state index contributed by atoms with van der Waals surface area (Å²) in [6.07, 6.45) is 4.21. The Bertz CT molecular complexity index is 451. The van der Waals surface area contributed by atoms with Gasteiger partial charge in [-0.2, -0.15) is 0 Å². The van der Waals surface area contributed by atoms with Crippen LogP contribution in [0, 0.1) is 18.8 Å². The van der Waals surface area contributed by atoms with Crippen LogP contribution in [0.1, 0.15) is 35.3 Å². The zero-order valence-corrected chi connectivity index (χ0v) is 10.2. The molecule has 0 aliphatic heterocycles. The Balaban J connectivity index is 1.87. The third kappa shape index (κ3) is 3.09. The van der Waals surface area contributed by atoms with Gasteiger partial charge in [0.15, 0.2) is 5.69 Å². The molecule has 6 nitrogen and oxygen atoms in total. The number of carboxylic acid groups (broad SMARTS) is 1. The number of hydrogen-bond donors (Lipinski definition) is 2. The Kier molecular flexibility index (Phi) is 3.64. The fraction of sp³-hybridized carbons (Fsp3) is 0.583. The molecule has 18 heavy (non-hydrogen) atoms. The molecular weight excluding hydrogens is 236 g/mol. The molecule has 0 spiro atoms. The highest BCUT2D eigenvalue weighted by Gasteiger charge is 2.29. The van der Waals surface area contributed by atoms with Crippen LogP contribution in [0.25, 0.3) is 0 Å². The van der Waals surface area contributed by atoms with Crippen molar-refractivity contribution in [3.8, 4) is 0 Å². The minimum atomic E-state index is -0.862. The number of aromatic nitrogens is 1. The van der Waals surface area contributed by atoms with Gasteiger partial charge in [0.2, 0.25) is 0 Å². The van der Waals surface area contributed by atoms with Gasteiger partial charge in [-0.05, 0) is 19.3 Å². The molecule has 2 rings (SSSR count). The van der Waals surface area contributed by atoms with Gasteiger partial charge in [-0.15, -0.1) is 0 Å². The second-order valence-electron chi connectivity index (χ2n) is 4.77. The summed E-state index contributed by atoms with van der Waals surface area (Å²) >= 11 is 0. The summed E-state index contributed by atoms with van der Waals surface area (Å²) in [4.78, 5) is 22.8. The molecule has 1 aliphatic carbocycles. The first-order chi connectivity index (χ1) is 8.58. The Hall–Kier alpha value is -1.85. The molecule has 1 aromatic rings. The molecule has 1 atom stereocenters. The highest BCUT2D eigenvalue weighted by molar-refractivity contribution is 5.93. The summed E-state index contributed by atoms with van der Waals surface area (Å²) in [7, 11) is 0. The maximum absolute atomic E-state index is 11.7. The van der Waals surface area contributed by atoms with Gasteiger partial charge in [0, 0.05) is 12.1 Å². The number of amides is 1. The summed E-state index contributed by atoms with van der Waals surface area (Å²) in [6, 6.07) is 0. The second kappa shape index (κ2) is 5.20. The van der Waals surface area contributed by atoms with E-state index in [4.69, 9.17) is 5.11 Å². The Morgan fingerprint density at radius 2 is 2.33 bits per heavy atom. The van der Waals surface area contributed by atoms with Crippen LogP contribution >= 0.6 is 0 Å². The summed E-state index contributed by atoms with van der Waals surface area (Å²) in [5.74, 6) is -1.26. The van der Waals surface area contributed by atoms with Crippen LogP contribution in [0.3, 0.4) is 0 Å².